The van der Waals surface area contributed by atoms with Gasteiger partial charge in [0.05, 0.1) is 30.1 Å². The molecule has 0 atom stereocenters. The van der Waals surface area contributed by atoms with Crippen molar-refractivity contribution in [1.82, 2.24) is 9.78 Å². The van der Waals surface area contributed by atoms with Crippen molar-refractivity contribution in [2.45, 2.75) is 51.2 Å². The topological polar surface area (TPSA) is 56.1 Å². The molecular weight excluding hydrogens is 401 g/mol. The van der Waals surface area contributed by atoms with Gasteiger partial charge in [0.15, 0.2) is 5.82 Å². The van der Waals surface area contributed by atoms with Crippen LogP contribution in [-0.2, 0) is 16.1 Å². The van der Waals surface area contributed by atoms with Gasteiger partial charge in [0, 0.05) is 11.8 Å². The summed E-state index contributed by atoms with van der Waals surface area (Å²) in [6, 6.07) is 6.57. The van der Waals surface area contributed by atoms with E-state index in [9.17, 15) is 9.18 Å². The normalized spacial score (nSPS) is 15.2. The Bertz CT molecular complexity index is 744. The molecule has 1 N–H and O–H groups in total. The molecule has 1 aliphatic rings. The Morgan fingerprint density at radius 2 is 2.08 bits per heavy atom. The summed E-state index contributed by atoms with van der Waals surface area (Å²) < 4.78 is 21.8. The lowest BCUT2D eigenvalue weighted by atomic mass is 9.98. The van der Waals surface area contributed by atoms with Crippen molar-refractivity contribution in [3.05, 3.63) is 46.3 Å². The van der Waals surface area contributed by atoms with Crippen LogP contribution in [0.3, 0.4) is 0 Å². The van der Waals surface area contributed by atoms with Gasteiger partial charge in [0.25, 0.3) is 0 Å². The number of amides is 1. The predicted octanol–water partition coefficient (Wildman–Crippen LogP) is 4.51. The summed E-state index contributed by atoms with van der Waals surface area (Å²) >= 11 is 3.39. The molecule has 1 saturated carbocycles. The van der Waals surface area contributed by atoms with Gasteiger partial charge in [-0.1, -0.05) is 37.5 Å². The van der Waals surface area contributed by atoms with E-state index in [0.29, 0.717) is 41.5 Å². The number of hydrogen-bond donors (Lipinski definition) is 1. The summed E-state index contributed by atoms with van der Waals surface area (Å²) in [4.78, 5) is 12.1. The van der Waals surface area contributed by atoms with E-state index in [1.54, 1.807) is 29.1 Å². The molecule has 3 rings (SSSR count). The van der Waals surface area contributed by atoms with Crippen molar-refractivity contribution in [3.8, 4) is 0 Å². The van der Waals surface area contributed by atoms with Gasteiger partial charge < -0.3 is 10.1 Å². The second-order valence-electron chi connectivity index (χ2n) is 6.54. The molecule has 1 amide bonds. The van der Waals surface area contributed by atoms with Crippen LogP contribution in [0.5, 0.6) is 0 Å². The first kappa shape index (κ1) is 19.0. The Morgan fingerprint density at radius 1 is 1.31 bits per heavy atom. The highest BCUT2D eigenvalue weighted by Gasteiger charge is 2.15. The zero-order chi connectivity index (χ0) is 18.4. The Balaban J connectivity index is 1.49. The maximum Gasteiger partial charge on any atom is 0.227 e. The van der Waals surface area contributed by atoms with E-state index in [1.165, 1.54) is 25.3 Å². The molecule has 5 nitrogen and oxygen atoms in total. The third kappa shape index (κ3) is 5.38. The third-order valence-corrected chi connectivity index (χ3v) is 5.08. The molecule has 1 fully saturated rings. The lowest BCUT2D eigenvalue weighted by molar-refractivity contribution is -0.117. The third-order valence-electron chi connectivity index (χ3n) is 4.50. The fraction of sp³-hybridized carbons (Fsp3) is 0.474. The van der Waals surface area contributed by atoms with E-state index < -0.39 is 0 Å². The van der Waals surface area contributed by atoms with Gasteiger partial charge in [-0.05, 0) is 34.8 Å². The highest BCUT2D eigenvalue weighted by Crippen LogP contribution is 2.22. The van der Waals surface area contributed by atoms with Crippen LogP contribution in [0.4, 0.5) is 10.2 Å². The zero-order valence-electron chi connectivity index (χ0n) is 14.6. The van der Waals surface area contributed by atoms with Crippen LogP contribution < -0.4 is 5.32 Å². The second-order valence-corrected chi connectivity index (χ2v) is 7.40. The molecule has 1 aromatic heterocycles. The summed E-state index contributed by atoms with van der Waals surface area (Å²) in [6.07, 6.45) is 8.20. The van der Waals surface area contributed by atoms with Crippen LogP contribution in [0.15, 0.2) is 34.9 Å². The minimum Gasteiger partial charge on any atom is -0.378 e. The molecule has 0 aliphatic heterocycles. The number of carbonyl (C=O) groups excluding carboxylic acids is 1. The summed E-state index contributed by atoms with van der Waals surface area (Å²) in [6.45, 7) is 0.718. The van der Waals surface area contributed by atoms with E-state index in [-0.39, 0.29) is 11.7 Å². The van der Waals surface area contributed by atoms with Gasteiger partial charge in [0.1, 0.15) is 5.82 Å². The van der Waals surface area contributed by atoms with Crippen LogP contribution >= 0.6 is 15.9 Å². The molecule has 1 aromatic carbocycles. The molecule has 0 radical (unpaired) electrons. The van der Waals surface area contributed by atoms with Gasteiger partial charge in [-0.15, -0.1) is 0 Å². The molecule has 0 saturated heterocycles. The molecule has 0 bridgehead atoms. The van der Waals surface area contributed by atoms with E-state index in [2.05, 4.69) is 26.3 Å². The van der Waals surface area contributed by atoms with Gasteiger partial charge in [-0.25, -0.2) is 4.39 Å². The standard InChI is InChI=1S/C19H23BrFN3O2/c20-16-13-24(12-14-6-4-5-9-17(14)21)23-19(16)22-18(25)10-11-26-15-7-2-1-3-8-15/h4-6,9,13,15H,1-3,7-8,10-12H2,(H,22,23,25). The van der Waals surface area contributed by atoms with Crippen molar-refractivity contribution in [2.24, 2.45) is 0 Å². The van der Waals surface area contributed by atoms with E-state index in [1.807, 2.05) is 0 Å². The Kier molecular flexibility index (Phi) is 6.80. The Morgan fingerprint density at radius 3 is 2.85 bits per heavy atom. The zero-order valence-corrected chi connectivity index (χ0v) is 16.2. The van der Waals surface area contributed by atoms with E-state index in [0.717, 1.165) is 12.8 Å². The molecule has 140 valence electrons. The highest BCUT2D eigenvalue weighted by atomic mass is 79.9. The van der Waals surface area contributed by atoms with Crippen LogP contribution in [0.1, 0.15) is 44.1 Å². The van der Waals surface area contributed by atoms with Crippen LogP contribution in [-0.4, -0.2) is 28.4 Å². The van der Waals surface area contributed by atoms with Crippen molar-refractivity contribution >= 4 is 27.7 Å². The molecule has 0 unspecified atom stereocenters. The number of rotatable bonds is 7. The molecule has 1 aliphatic carbocycles. The minimum atomic E-state index is -0.274. The molecule has 0 spiro atoms. The van der Waals surface area contributed by atoms with Crippen molar-refractivity contribution in [2.75, 3.05) is 11.9 Å². The summed E-state index contributed by atoms with van der Waals surface area (Å²) in [5, 5.41) is 7.09. The molecule has 2 aromatic rings. The van der Waals surface area contributed by atoms with Gasteiger partial charge in [0.2, 0.25) is 5.91 Å². The lowest BCUT2D eigenvalue weighted by Crippen LogP contribution is -2.20. The fourth-order valence-corrected chi connectivity index (χ4v) is 3.52. The van der Waals surface area contributed by atoms with Crippen LogP contribution in [0.2, 0.25) is 0 Å². The Labute approximate surface area is 161 Å². The summed E-state index contributed by atoms with van der Waals surface area (Å²) in [7, 11) is 0. The van der Waals surface area contributed by atoms with Crippen molar-refractivity contribution in [1.29, 1.82) is 0 Å². The maximum absolute atomic E-state index is 13.7. The number of nitrogens with zero attached hydrogens (tertiary/aromatic N) is 2. The first-order chi connectivity index (χ1) is 12.6. The van der Waals surface area contributed by atoms with Gasteiger partial charge in [-0.2, -0.15) is 5.10 Å². The van der Waals surface area contributed by atoms with Gasteiger partial charge >= 0.3 is 0 Å². The number of benzene rings is 1. The summed E-state index contributed by atoms with van der Waals surface area (Å²) in [5.41, 5.74) is 0.543. The first-order valence-electron chi connectivity index (χ1n) is 8.99. The fourth-order valence-electron chi connectivity index (χ4n) is 3.11. The molecule has 26 heavy (non-hydrogen) atoms. The molecule has 1 heterocycles. The van der Waals surface area contributed by atoms with Crippen molar-refractivity contribution < 1.29 is 13.9 Å². The number of aromatic nitrogens is 2. The average Bonchev–Trinajstić information content (AvgIpc) is 2.97. The minimum absolute atomic E-state index is 0.141. The van der Waals surface area contributed by atoms with Crippen LogP contribution in [0.25, 0.3) is 0 Å². The van der Waals surface area contributed by atoms with E-state index in [4.69, 9.17) is 4.74 Å². The first-order valence-corrected chi connectivity index (χ1v) is 9.79. The predicted molar refractivity (Wildman–Crippen MR) is 102 cm³/mol. The Hall–Kier alpha value is -1.73. The monoisotopic (exact) mass is 423 g/mol. The number of hydrogen-bond acceptors (Lipinski definition) is 3. The summed E-state index contributed by atoms with van der Waals surface area (Å²) in [5.74, 6) is 0.0197. The molecular formula is C19H23BrFN3O2. The quantitative estimate of drug-likeness (QED) is 0.712. The number of anilines is 1. The number of nitrogens with one attached hydrogen (secondary N) is 1. The lowest BCUT2D eigenvalue weighted by Gasteiger charge is -2.21. The molecule has 7 heteroatoms. The average molecular weight is 424 g/mol. The van der Waals surface area contributed by atoms with Crippen molar-refractivity contribution in [3.63, 3.8) is 0 Å². The van der Waals surface area contributed by atoms with E-state index >= 15 is 0 Å². The largest absolute Gasteiger partial charge is 0.378 e. The number of ether oxygens (including phenoxy) is 1. The SMILES string of the molecule is O=C(CCOC1CCCCC1)Nc1nn(Cc2ccccc2F)cc1Br. The number of carbonyl (C=O) groups is 1. The smallest absolute Gasteiger partial charge is 0.227 e. The highest BCUT2D eigenvalue weighted by molar-refractivity contribution is 9.10. The van der Waals surface area contributed by atoms with Gasteiger partial charge in [-0.3, -0.25) is 9.48 Å². The maximum atomic E-state index is 13.7. The second kappa shape index (κ2) is 9.28. The number of halogens is 2. The van der Waals surface area contributed by atoms with Crippen LogP contribution in [0, 0.1) is 5.82 Å².